The van der Waals surface area contributed by atoms with Gasteiger partial charge in [-0.05, 0) is 51.0 Å². The molecule has 8 nitrogen and oxygen atoms in total. The number of hydrogen-bond acceptors (Lipinski definition) is 7. The quantitative estimate of drug-likeness (QED) is 0.654. The molecule has 1 atom stereocenters. The first-order chi connectivity index (χ1) is 13.4. The van der Waals surface area contributed by atoms with Crippen LogP contribution in [-0.2, 0) is 23.9 Å². The summed E-state index contributed by atoms with van der Waals surface area (Å²) in [6, 6.07) is 8.32. The molecule has 1 aromatic carbocycles. The number of amides is 1. The Morgan fingerprint density at radius 2 is 1.82 bits per heavy atom. The van der Waals surface area contributed by atoms with Gasteiger partial charge in [0.2, 0.25) is 0 Å². The predicted octanol–water partition coefficient (Wildman–Crippen LogP) is 1.67. The van der Waals surface area contributed by atoms with Crippen LogP contribution in [0.4, 0.5) is 0 Å². The summed E-state index contributed by atoms with van der Waals surface area (Å²) in [5.74, 6) is -0.946. The van der Waals surface area contributed by atoms with Gasteiger partial charge >= 0.3 is 11.9 Å². The molecule has 1 fully saturated rings. The maximum absolute atomic E-state index is 12.2. The van der Waals surface area contributed by atoms with Gasteiger partial charge in [0.25, 0.3) is 5.91 Å². The van der Waals surface area contributed by atoms with Crippen molar-refractivity contribution in [3.63, 3.8) is 0 Å². The molecule has 1 aromatic rings. The Balaban J connectivity index is 1.73. The standard InChI is InChI=1S/C20H24N2O6/c1-3-26-20(25)16-8-10-22(11-9-16)18(23)13-27-19(24)14(2)28-17-6-4-15(12-21)5-7-17/h4-7,14,16H,3,8-11,13H2,1-2H3. The van der Waals surface area contributed by atoms with E-state index in [0.717, 1.165) is 0 Å². The van der Waals surface area contributed by atoms with Gasteiger partial charge in [-0.3, -0.25) is 9.59 Å². The molecule has 0 spiro atoms. The van der Waals surface area contributed by atoms with Gasteiger partial charge < -0.3 is 19.1 Å². The summed E-state index contributed by atoms with van der Waals surface area (Å²) in [6.45, 7) is 4.11. The first kappa shape index (κ1) is 21.2. The Labute approximate surface area is 164 Å². The van der Waals surface area contributed by atoms with E-state index in [-0.39, 0.29) is 24.4 Å². The van der Waals surface area contributed by atoms with Crippen LogP contribution in [-0.4, -0.2) is 55.2 Å². The number of hydrogen-bond donors (Lipinski definition) is 0. The van der Waals surface area contributed by atoms with Crippen LogP contribution in [0.15, 0.2) is 24.3 Å². The molecule has 1 amide bonds. The van der Waals surface area contributed by atoms with Crippen molar-refractivity contribution >= 4 is 17.8 Å². The third-order valence-corrected chi connectivity index (χ3v) is 4.43. The number of carbonyl (C=O) groups is 3. The van der Waals surface area contributed by atoms with Crippen LogP contribution in [0.5, 0.6) is 5.75 Å². The van der Waals surface area contributed by atoms with E-state index in [1.807, 2.05) is 6.07 Å². The van der Waals surface area contributed by atoms with Crippen molar-refractivity contribution in [2.45, 2.75) is 32.8 Å². The number of nitrogens with zero attached hydrogens (tertiary/aromatic N) is 2. The van der Waals surface area contributed by atoms with Crippen LogP contribution in [0.2, 0.25) is 0 Å². The number of likely N-dealkylation sites (tertiary alicyclic amines) is 1. The molecule has 2 rings (SSSR count). The van der Waals surface area contributed by atoms with Crippen molar-refractivity contribution in [1.29, 1.82) is 5.26 Å². The molecular formula is C20H24N2O6. The normalized spacial score (nSPS) is 15.2. The number of esters is 2. The number of nitriles is 1. The minimum absolute atomic E-state index is 0.188. The number of benzene rings is 1. The van der Waals surface area contributed by atoms with Crippen molar-refractivity contribution in [1.82, 2.24) is 4.90 Å². The maximum Gasteiger partial charge on any atom is 0.347 e. The molecule has 1 heterocycles. The summed E-state index contributed by atoms with van der Waals surface area (Å²) in [7, 11) is 0. The fourth-order valence-corrected chi connectivity index (χ4v) is 2.83. The van der Waals surface area contributed by atoms with Crippen LogP contribution in [0.25, 0.3) is 0 Å². The lowest BCUT2D eigenvalue weighted by Gasteiger charge is -2.30. The van der Waals surface area contributed by atoms with Gasteiger partial charge in [-0.2, -0.15) is 5.26 Å². The molecular weight excluding hydrogens is 364 g/mol. The van der Waals surface area contributed by atoms with E-state index >= 15 is 0 Å². The third kappa shape index (κ3) is 5.98. The van der Waals surface area contributed by atoms with Crippen LogP contribution in [0.3, 0.4) is 0 Å². The Morgan fingerprint density at radius 3 is 2.39 bits per heavy atom. The molecule has 1 aliphatic heterocycles. The Morgan fingerprint density at radius 1 is 1.18 bits per heavy atom. The van der Waals surface area contributed by atoms with Gasteiger partial charge in [-0.15, -0.1) is 0 Å². The highest BCUT2D eigenvalue weighted by Gasteiger charge is 2.29. The van der Waals surface area contributed by atoms with Gasteiger partial charge in [-0.25, -0.2) is 4.79 Å². The molecule has 1 aliphatic rings. The highest BCUT2D eigenvalue weighted by atomic mass is 16.6. The van der Waals surface area contributed by atoms with Crippen molar-refractivity contribution < 1.29 is 28.6 Å². The zero-order valence-corrected chi connectivity index (χ0v) is 16.1. The monoisotopic (exact) mass is 388 g/mol. The van der Waals surface area contributed by atoms with Crippen molar-refractivity contribution in [2.75, 3.05) is 26.3 Å². The second-order valence-corrected chi connectivity index (χ2v) is 6.41. The molecule has 150 valence electrons. The van der Waals surface area contributed by atoms with Crippen LogP contribution >= 0.6 is 0 Å². The lowest BCUT2D eigenvalue weighted by atomic mass is 9.97. The predicted molar refractivity (Wildman–Crippen MR) is 98.1 cm³/mol. The zero-order valence-electron chi connectivity index (χ0n) is 16.1. The van der Waals surface area contributed by atoms with E-state index in [2.05, 4.69) is 0 Å². The van der Waals surface area contributed by atoms with Crippen molar-refractivity contribution in [3.05, 3.63) is 29.8 Å². The average Bonchev–Trinajstić information content (AvgIpc) is 2.72. The van der Waals surface area contributed by atoms with Crippen LogP contribution < -0.4 is 4.74 Å². The lowest BCUT2D eigenvalue weighted by molar-refractivity contribution is -0.158. The van der Waals surface area contributed by atoms with E-state index in [1.165, 1.54) is 6.92 Å². The smallest absolute Gasteiger partial charge is 0.347 e. The number of piperidine rings is 1. The molecule has 0 bridgehead atoms. The topological polar surface area (TPSA) is 106 Å². The highest BCUT2D eigenvalue weighted by molar-refractivity contribution is 5.82. The van der Waals surface area contributed by atoms with Gasteiger partial charge in [-0.1, -0.05) is 0 Å². The fourth-order valence-electron chi connectivity index (χ4n) is 2.83. The summed E-state index contributed by atoms with van der Waals surface area (Å²) in [5, 5.41) is 8.77. The molecule has 0 aromatic heterocycles. The Bertz CT molecular complexity index is 732. The minimum Gasteiger partial charge on any atom is -0.479 e. The SMILES string of the molecule is CCOC(=O)C1CCN(C(=O)COC(=O)C(C)Oc2ccc(C#N)cc2)CC1. The minimum atomic E-state index is -0.893. The van der Waals surface area contributed by atoms with Gasteiger partial charge in [0.1, 0.15) is 5.75 Å². The largest absolute Gasteiger partial charge is 0.479 e. The molecule has 0 aliphatic carbocycles. The highest BCUT2D eigenvalue weighted by Crippen LogP contribution is 2.19. The van der Waals surface area contributed by atoms with E-state index in [4.69, 9.17) is 19.5 Å². The molecule has 1 unspecified atom stereocenters. The number of ether oxygens (including phenoxy) is 3. The van der Waals surface area contributed by atoms with E-state index in [1.54, 1.807) is 36.1 Å². The van der Waals surface area contributed by atoms with E-state index in [0.29, 0.717) is 43.9 Å². The first-order valence-electron chi connectivity index (χ1n) is 9.22. The third-order valence-electron chi connectivity index (χ3n) is 4.43. The maximum atomic E-state index is 12.2. The Hall–Kier alpha value is -3.08. The van der Waals surface area contributed by atoms with Crippen molar-refractivity contribution in [2.24, 2.45) is 5.92 Å². The summed E-state index contributed by atoms with van der Waals surface area (Å²) in [5.41, 5.74) is 0.486. The average molecular weight is 388 g/mol. The Kier molecular flexibility index (Phi) is 7.81. The molecule has 0 N–H and O–H groups in total. The molecule has 28 heavy (non-hydrogen) atoms. The van der Waals surface area contributed by atoms with E-state index in [9.17, 15) is 14.4 Å². The summed E-state index contributed by atoms with van der Waals surface area (Å²) in [4.78, 5) is 37.6. The van der Waals surface area contributed by atoms with Crippen LogP contribution in [0.1, 0.15) is 32.3 Å². The summed E-state index contributed by atoms with van der Waals surface area (Å²) in [6.07, 6.45) is 0.184. The van der Waals surface area contributed by atoms with E-state index < -0.39 is 12.1 Å². The number of carbonyl (C=O) groups excluding carboxylic acids is 3. The van der Waals surface area contributed by atoms with Crippen molar-refractivity contribution in [3.8, 4) is 11.8 Å². The van der Waals surface area contributed by atoms with Gasteiger partial charge in [0, 0.05) is 13.1 Å². The zero-order chi connectivity index (χ0) is 20.5. The van der Waals surface area contributed by atoms with Gasteiger partial charge in [0.05, 0.1) is 24.2 Å². The summed E-state index contributed by atoms with van der Waals surface area (Å²) < 4.78 is 15.5. The first-order valence-corrected chi connectivity index (χ1v) is 9.22. The fraction of sp³-hybridized carbons (Fsp3) is 0.500. The number of rotatable bonds is 7. The lowest BCUT2D eigenvalue weighted by Crippen LogP contribution is -2.43. The second kappa shape index (κ2) is 10.3. The summed E-state index contributed by atoms with van der Waals surface area (Å²) >= 11 is 0. The second-order valence-electron chi connectivity index (χ2n) is 6.41. The molecule has 0 radical (unpaired) electrons. The van der Waals surface area contributed by atoms with Crippen LogP contribution in [0, 0.1) is 17.2 Å². The molecule has 0 saturated carbocycles. The molecule has 1 saturated heterocycles. The molecule has 8 heteroatoms. The van der Waals surface area contributed by atoms with Gasteiger partial charge in [0.15, 0.2) is 12.7 Å².